The number of fused-ring (bicyclic) bond motifs is 1. The van der Waals surface area contributed by atoms with Gasteiger partial charge in [-0.2, -0.15) is 5.10 Å². The fraction of sp³-hybridized carbons (Fsp3) is 0.261. The monoisotopic (exact) mass is 372 g/mol. The third kappa shape index (κ3) is 3.41. The first-order valence-corrected chi connectivity index (χ1v) is 9.12. The van der Waals surface area contributed by atoms with Gasteiger partial charge in [-0.3, -0.25) is 14.0 Å². The molecule has 0 atom stereocenters. The summed E-state index contributed by atoms with van der Waals surface area (Å²) in [6.07, 6.45) is 14.5. The average molecular weight is 372 g/mol. The summed E-state index contributed by atoms with van der Waals surface area (Å²) in [4.78, 5) is 18.6. The smallest absolute Gasteiger partial charge is 0.266 e. The van der Waals surface area contributed by atoms with Gasteiger partial charge >= 0.3 is 0 Å². The fourth-order valence-corrected chi connectivity index (χ4v) is 3.22. The van der Waals surface area contributed by atoms with Gasteiger partial charge in [-0.1, -0.05) is 44.9 Å². The van der Waals surface area contributed by atoms with Crippen molar-refractivity contribution in [1.82, 2.24) is 19.3 Å². The molecule has 0 amide bonds. The molecule has 3 rings (SSSR count). The van der Waals surface area contributed by atoms with Crippen molar-refractivity contribution in [1.29, 1.82) is 0 Å². The van der Waals surface area contributed by atoms with E-state index in [1.54, 1.807) is 21.5 Å². The molecule has 0 fully saturated rings. The van der Waals surface area contributed by atoms with Crippen LogP contribution in [0.15, 0.2) is 53.6 Å². The summed E-state index contributed by atoms with van der Waals surface area (Å²) in [7, 11) is 1.85. The Hall–Kier alpha value is -3.39. The minimum Gasteiger partial charge on any atom is -0.275 e. The lowest BCUT2D eigenvalue weighted by atomic mass is 9.94. The quantitative estimate of drug-likeness (QED) is 0.513. The number of aryl methyl sites for hydroxylation is 1. The first-order chi connectivity index (χ1) is 13.3. The molecule has 28 heavy (non-hydrogen) atoms. The van der Waals surface area contributed by atoms with Gasteiger partial charge in [-0.05, 0) is 24.6 Å². The van der Waals surface area contributed by atoms with Gasteiger partial charge in [0.1, 0.15) is 5.82 Å². The van der Waals surface area contributed by atoms with E-state index in [1.165, 1.54) is 0 Å². The van der Waals surface area contributed by atoms with Crippen molar-refractivity contribution in [2.45, 2.75) is 33.1 Å². The minimum atomic E-state index is -0.354. The summed E-state index contributed by atoms with van der Waals surface area (Å²) < 4.78 is 3.34. The first-order valence-electron chi connectivity index (χ1n) is 9.12. The first kappa shape index (κ1) is 19.4. The summed E-state index contributed by atoms with van der Waals surface area (Å²) >= 11 is 0. The second-order valence-corrected chi connectivity index (χ2v) is 7.66. The van der Waals surface area contributed by atoms with Crippen molar-refractivity contribution in [3.8, 4) is 23.5 Å². The van der Waals surface area contributed by atoms with Gasteiger partial charge in [0.15, 0.2) is 0 Å². The number of nitrogens with zero attached hydrogens (tertiary/aromatic N) is 4. The number of benzene rings is 1. The van der Waals surface area contributed by atoms with Crippen LogP contribution in [0, 0.1) is 12.3 Å². The molecule has 2 heterocycles. The van der Waals surface area contributed by atoms with Gasteiger partial charge in [0.2, 0.25) is 0 Å². The molecule has 0 unspecified atom stereocenters. The number of hydrogen-bond acceptors (Lipinski definition) is 3. The molecule has 5 nitrogen and oxygen atoms in total. The predicted molar refractivity (Wildman–Crippen MR) is 115 cm³/mol. The molecule has 0 N–H and O–H groups in total. The van der Waals surface area contributed by atoms with E-state index in [-0.39, 0.29) is 11.0 Å². The van der Waals surface area contributed by atoms with Crippen molar-refractivity contribution in [3.05, 3.63) is 65.0 Å². The third-order valence-electron chi connectivity index (χ3n) is 4.41. The summed E-state index contributed by atoms with van der Waals surface area (Å²) in [5.74, 6) is 3.20. The van der Waals surface area contributed by atoms with Crippen molar-refractivity contribution in [3.63, 3.8) is 0 Å². The third-order valence-corrected chi connectivity index (χ3v) is 4.41. The molecule has 0 saturated carbocycles. The molecular weight excluding hydrogens is 348 g/mol. The van der Waals surface area contributed by atoms with Crippen molar-refractivity contribution < 1.29 is 0 Å². The molecule has 1 aromatic carbocycles. The largest absolute Gasteiger partial charge is 0.275 e. The summed E-state index contributed by atoms with van der Waals surface area (Å²) in [6, 6.07) is 5.71. The van der Waals surface area contributed by atoms with Gasteiger partial charge in [0.05, 0.1) is 22.8 Å². The Kier molecular flexibility index (Phi) is 5.06. The lowest BCUT2D eigenvalue weighted by Gasteiger charge is -2.24. The maximum absolute atomic E-state index is 13.7. The zero-order valence-corrected chi connectivity index (χ0v) is 16.9. The highest BCUT2D eigenvalue weighted by Crippen LogP contribution is 2.29. The Labute approximate surface area is 165 Å². The van der Waals surface area contributed by atoms with Gasteiger partial charge in [-0.25, -0.2) is 4.98 Å². The maximum atomic E-state index is 13.7. The van der Waals surface area contributed by atoms with E-state index in [0.29, 0.717) is 22.4 Å². The lowest BCUT2D eigenvalue weighted by molar-refractivity contribution is 0.529. The SMILES string of the molecule is C#C/C=C(\C=C/C)n1c(C(C)(C)C)nc2cccc(-c3cnn(C)c3)c2c1=O. The second kappa shape index (κ2) is 7.32. The van der Waals surface area contributed by atoms with Crippen LogP contribution in [0.5, 0.6) is 0 Å². The molecule has 3 aromatic rings. The zero-order valence-electron chi connectivity index (χ0n) is 16.9. The number of terminal acetylenes is 1. The zero-order chi connectivity index (χ0) is 20.5. The van der Waals surface area contributed by atoms with Crippen LogP contribution < -0.4 is 5.56 Å². The van der Waals surface area contributed by atoms with Crippen molar-refractivity contribution >= 4 is 16.6 Å². The molecule has 0 aliphatic carbocycles. The Bertz CT molecular complexity index is 1190. The van der Waals surface area contributed by atoms with Gasteiger partial charge in [0.25, 0.3) is 5.56 Å². The topological polar surface area (TPSA) is 52.7 Å². The molecule has 5 heteroatoms. The Morgan fingerprint density at radius 1 is 1.29 bits per heavy atom. The highest BCUT2D eigenvalue weighted by atomic mass is 16.1. The average Bonchev–Trinajstić information content (AvgIpc) is 3.06. The lowest BCUT2D eigenvalue weighted by Crippen LogP contribution is -2.31. The molecule has 0 bridgehead atoms. The summed E-state index contributed by atoms with van der Waals surface area (Å²) in [5.41, 5.74) is 2.46. The van der Waals surface area contributed by atoms with E-state index in [1.807, 2.05) is 71.3 Å². The van der Waals surface area contributed by atoms with E-state index in [2.05, 4.69) is 11.0 Å². The van der Waals surface area contributed by atoms with E-state index < -0.39 is 0 Å². The molecule has 0 radical (unpaired) electrons. The standard InChI is InChI=1S/C23H24N4O/c1-7-10-17(11-8-2)27-21(28)20-18(16-14-24-26(6)15-16)12-9-13-19(20)25-22(27)23(3,4)5/h1,8-15H,2-6H3/b11-8-,17-10+. The Balaban J connectivity index is 2.50. The van der Waals surface area contributed by atoms with Crippen LogP contribution in [0.3, 0.4) is 0 Å². The molecule has 0 spiro atoms. The van der Waals surface area contributed by atoms with Crippen LogP contribution in [-0.2, 0) is 12.5 Å². The van der Waals surface area contributed by atoms with Gasteiger partial charge < -0.3 is 0 Å². The molecule has 0 saturated heterocycles. The number of hydrogen-bond donors (Lipinski definition) is 0. The van der Waals surface area contributed by atoms with Crippen LogP contribution in [0.2, 0.25) is 0 Å². The molecule has 0 aliphatic heterocycles. The van der Waals surface area contributed by atoms with E-state index in [4.69, 9.17) is 11.4 Å². The fourth-order valence-electron chi connectivity index (χ4n) is 3.22. The molecular formula is C23H24N4O. The molecule has 2 aromatic heterocycles. The second-order valence-electron chi connectivity index (χ2n) is 7.66. The van der Waals surface area contributed by atoms with Gasteiger partial charge in [0, 0.05) is 30.3 Å². The summed E-state index contributed by atoms with van der Waals surface area (Å²) in [6.45, 7) is 7.99. The van der Waals surface area contributed by atoms with Crippen LogP contribution in [0.25, 0.3) is 27.7 Å². The minimum absolute atomic E-state index is 0.144. The summed E-state index contributed by atoms with van der Waals surface area (Å²) in [5, 5.41) is 4.79. The van der Waals surface area contributed by atoms with Gasteiger partial charge in [-0.15, -0.1) is 6.42 Å². The molecule has 0 aliphatic rings. The van der Waals surface area contributed by atoms with E-state index in [0.717, 1.165) is 11.1 Å². The van der Waals surface area contributed by atoms with Crippen LogP contribution >= 0.6 is 0 Å². The normalized spacial score (nSPS) is 12.6. The Morgan fingerprint density at radius 3 is 2.61 bits per heavy atom. The Morgan fingerprint density at radius 2 is 2.04 bits per heavy atom. The maximum Gasteiger partial charge on any atom is 0.266 e. The number of allylic oxidation sites excluding steroid dienone is 4. The van der Waals surface area contributed by atoms with Crippen LogP contribution in [-0.4, -0.2) is 19.3 Å². The van der Waals surface area contributed by atoms with E-state index in [9.17, 15) is 4.79 Å². The highest BCUT2D eigenvalue weighted by Gasteiger charge is 2.25. The van der Waals surface area contributed by atoms with Crippen molar-refractivity contribution in [2.24, 2.45) is 7.05 Å². The van der Waals surface area contributed by atoms with E-state index >= 15 is 0 Å². The predicted octanol–water partition coefficient (Wildman–Crippen LogP) is 4.14. The number of rotatable bonds is 3. The van der Waals surface area contributed by atoms with Crippen LogP contribution in [0.1, 0.15) is 33.5 Å². The number of aromatic nitrogens is 4. The molecule has 142 valence electrons. The highest BCUT2D eigenvalue weighted by molar-refractivity contribution is 5.94. The van der Waals surface area contributed by atoms with Crippen LogP contribution in [0.4, 0.5) is 0 Å². The van der Waals surface area contributed by atoms with Crippen molar-refractivity contribution in [2.75, 3.05) is 0 Å².